The van der Waals surface area contributed by atoms with Gasteiger partial charge in [0, 0.05) is 17.0 Å². The summed E-state index contributed by atoms with van der Waals surface area (Å²) in [7, 11) is 0. The Morgan fingerprint density at radius 1 is 1.79 bits per heavy atom. The zero-order valence-corrected chi connectivity index (χ0v) is 8.71. The van der Waals surface area contributed by atoms with Crippen molar-refractivity contribution in [2.75, 3.05) is 6.61 Å². The number of nitrogens with two attached hydrogens (primary N) is 1. The van der Waals surface area contributed by atoms with Crippen molar-refractivity contribution in [2.45, 2.75) is 17.2 Å². The first kappa shape index (κ1) is 11.0. The van der Waals surface area contributed by atoms with Crippen LogP contribution in [0.3, 0.4) is 0 Å². The molecule has 1 unspecified atom stereocenters. The third-order valence-corrected chi connectivity index (χ3v) is 2.64. The lowest BCUT2D eigenvalue weighted by Crippen LogP contribution is -2.11. The van der Waals surface area contributed by atoms with Gasteiger partial charge in [-0.1, -0.05) is 6.92 Å². The Hall–Kier alpha value is -1.07. The highest BCUT2D eigenvalue weighted by atomic mass is 32.2. The molecule has 4 nitrogen and oxygen atoms in total. The fourth-order valence-electron chi connectivity index (χ4n) is 0.885. The van der Waals surface area contributed by atoms with Crippen LogP contribution in [0.1, 0.15) is 12.5 Å². The monoisotopic (exact) mass is 211 g/mol. The zero-order valence-electron chi connectivity index (χ0n) is 7.90. The average Bonchev–Trinajstić information content (AvgIpc) is 2.18. The van der Waals surface area contributed by atoms with Crippen LogP contribution in [0.15, 0.2) is 23.4 Å². The summed E-state index contributed by atoms with van der Waals surface area (Å²) in [5.41, 5.74) is 6.00. The first-order valence-electron chi connectivity index (χ1n) is 4.21. The quantitative estimate of drug-likeness (QED) is 0.391. The van der Waals surface area contributed by atoms with Crippen LogP contribution in [-0.2, 0) is 0 Å². The fourth-order valence-corrected chi connectivity index (χ4v) is 1.69. The maximum Gasteiger partial charge on any atom is 0.122 e. The van der Waals surface area contributed by atoms with Gasteiger partial charge in [-0.3, -0.25) is 5.41 Å². The Balaban J connectivity index is 2.78. The number of nitrogens with one attached hydrogen (secondary N) is 1. The molecule has 14 heavy (non-hydrogen) atoms. The first-order chi connectivity index (χ1) is 6.63. The molecule has 76 valence electrons. The Kier molecular flexibility index (Phi) is 3.91. The SMILES string of the molecule is CC(CO)Sc1cc(C(=N)N)ccn1. The normalized spacial score (nSPS) is 12.4. The number of nitrogens with zero attached hydrogens (tertiary/aromatic N) is 1. The maximum absolute atomic E-state index is 8.86. The maximum atomic E-state index is 8.86. The van der Waals surface area contributed by atoms with Crippen molar-refractivity contribution in [1.82, 2.24) is 4.98 Å². The van der Waals surface area contributed by atoms with Gasteiger partial charge in [-0.05, 0) is 12.1 Å². The minimum atomic E-state index is 0.0332. The lowest BCUT2D eigenvalue weighted by Gasteiger charge is -2.07. The highest BCUT2D eigenvalue weighted by Gasteiger charge is 2.05. The molecule has 1 rings (SSSR count). The first-order valence-corrected chi connectivity index (χ1v) is 5.09. The van der Waals surface area contributed by atoms with E-state index in [2.05, 4.69) is 4.98 Å². The van der Waals surface area contributed by atoms with Crippen molar-refractivity contribution in [3.8, 4) is 0 Å². The summed E-state index contributed by atoms with van der Waals surface area (Å²) in [6.07, 6.45) is 1.61. The molecule has 0 aliphatic carbocycles. The second-order valence-corrected chi connectivity index (χ2v) is 4.37. The summed E-state index contributed by atoms with van der Waals surface area (Å²) in [4.78, 5) is 4.11. The number of thioether (sulfide) groups is 1. The van der Waals surface area contributed by atoms with Crippen LogP contribution in [-0.4, -0.2) is 27.8 Å². The summed E-state index contributed by atoms with van der Waals surface area (Å²) in [6.45, 7) is 2.02. The molecular weight excluding hydrogens is 198 g/mol. The van der Waals surface area contributed by atoms with Crippen LogP contribution < -0.4 is 5.73 Å². The molecule has 0 bridgehead atoms. The van der Waals surface area contributed by atoms with Crippen LogP contribution in [0.25, 0.3) is 0 Å². The van der Waals surface area contributed by atoms with Crippen LogP contribution in [0, 0.1) is 5.41 Å². The summed E-state index contributed by atoms with van der Waals surface area (Å²) in [5.74, 6) is 0.0332. The number of aromatic nitrogens is 1. The second kappa shape index (κ2) is 4.97. The van der Waals surface area contributed by atoms with E-state index in [0.29, 0.717) is 5.56 Å². The predicted octanol–water partition coefficient (Wildman–Crippen LogP) is 0.839. The summed E-state index contributed by atoms with van der Waals surface area (Å²) in [6, 6.07) is 3.44. The molecule has 4 N–H and O–H groups in total. The Bertz CT molecular complexity index is 330. The Morgan fingerprint density at radius 3 is 3.07 bits per heavy atom. The highest BCUT2D eigenvalue weighted by Crippen LogP contribution is 2.20. The topological polar surface area (TPSA) is 83.0 Å². The minimum Gasteiger partial charge on any atom is -0.395 e. The molecule has 0 fully saturated rings. The molecular formula is C9H13N3OS. The van der Waals surface area contributed by atoms with Gasteiger partial charge in [0.15, 0.2) is 0 Å². The van der Waals surface area contributed by atoms with Gasteiger partial charge in [0.05, 0.1) is 11.6 Å². The lowest BCUT2D eigenvalue weighted by atomic mass is 10.2. The number of aliphatic hydroxyl groups excluding tert-OH is 1. The van der Waals surface area contributed by atoms with Gasteiger partial charge in [-0.2, -0.15) is 0 Å². The minimum absolute atomic E-state index is 0.0332. The van der Waals surface area contributed by atoms with Crippen molar-refractivity contribution >= 4 is 17.6 Å². The number of aliphatic hydroxyl groups is 1. The summed E-state index contributed by atoms with van der Waals surface area (Å²) >= 11 is 1.46. The molecule has 1 heterocycles. The number of hydrogen-bond donors (Lipinski definition) is 3. The van der Waals surface area contributed by atoms with Gasteiger partial charge >= 0.3 is 0 Å². The summed E-state index contributed by atoms with van der Waals surface area (Å²) in [5, 5.41) is 17.0. The molecule has 0 aliphatic heterocycles. The van der Waals surface area contributed by atoms with E-state index in [0.717, 1.165) is 5.03 Å². The second-order valence-electron chi connectivity index (χ2n) is 2.91. The van der Waals surface area contributed by atoms with E-state index in [1.165, 1.54) is 11.8 Å². The number of hydrogen-bond acceptors (Lipinski definition) is 4. The molecule has 1 aromatic heterocycles. The lowest BCUT2D eigenvalue weighted by molar-refractivity contribution is 0.300. The molecule has 0 aromatic carbocycles. The van der Waals surface area contributed by atoms with Crippen molar-refractivity contribution in [1.29, 1.82) is 5.41 Å². The predicted molar refractivity (Wildman–Crippen MR) is 57.7 cm³/mol. The molecule has 0 saturated heterocycles. The van der Waals surface area contributed by atoms with Gasteiger partial charge in [0.25, 0.3) is 0 Å². The van der Waals surface area contributed by atoms with Crippen LogP contribution in [0.4, 0.5) is 0 Å². The number of rotatable bonds is 4. The van der Waals surface area contributed by atoms with Crippen LogP contribution in [0.2, 0.25) is 0 Å². The van der Waals surface area contributed by atoms with Gasteiger partial charge in [0.1, 0.15) is 5.84 Å². The number of pyridine rings is 1. The molecule has 0 aliphatic rings. The Morgan fingerprint density at radius 2 is 2.50 bits per heavy atom. The van der Waals surface area contributed by atoms with E-state index >= 15 is 0 Å². The van der Waals surface area contributed by atoms with E-state index < -0.39 is 0 Å². The van der Waals surface area contributed by atoms with E-state index in [1.807, 2.05) is 6.92 Å². The standard InChI is InChI=1S/C9H13N3OS/c1-6(5-13)14-8-4-7(9(10)11)2-3-12-8/h2-4,6,13H,5H2,1H3,(H3,10,11). The molecule has 0 spiro atoms. The third-order valence-electron chi connectivity index (χ3n) is 1.62. The molecule has 0 saturated carbocycles. The molecule has 5 heteroatoms. The molecule has 1 aromatic rings. The van der Waals surface area contributed by atoms with Crippen molar-refractivity contribution in [3.05, 3.63) is 23.9 Å². The van der Waals surface area contributed by atoms with E-state index in [-0.39, 0.29) is 17.7 Å². The van der Waals surface area contributed by atoms with E-state index in [9.17, 15) is 0 Å². The molecule has 1 atom stereocenters. The zero-order chi connectivity index (χ0) is 10.6. The third kappa shape index (κ3) is 3.01. The highest BCUT2D eigenvalue weighted by molar-refractivity contribution is 7.99. The van der Waals surface area contributed by atoms with Crippen LogP contribution >= 0.6 is 11.8 Å². The van der Waals surface area contributed by atoms with Gasteiger partial charge < -0.3 is 10.8 Å². The van der Waals surface area contributed by atoms with Crippen molar-refractivity contribution < 1.29 is 5.11 Å². The van der Waals surface area contributed by atoms with Gasteiger partial charge in [-0.15, -0.1) is 11.8 Å². The van der Waals surface area contributed by atoms with Gasteiger partial charge in [0.2, 0.25) is 0 Å². The number of nitrogen functional groups attached to an aromatic ring is 1. The largest absolute Gasteiger partial charge is 0.395 e. The summed E-state index contributed by atoms with van der Waals surface area (Å²) < 4.78 is 0. The van der Waals surface area contributed by atoms with E-state index in [4.69, 9.17) is 16.2 Å². The van der Waals surface area contributed by atoms with Crippen molar-refractivity contribution in [2.24, 2.45) is 5.73 Å². The average molecular weight is 211 g/mol. The van der Waals surface area contributed by atoms with E-state index in [1.54, 1.807) is 18.3 Å². The van der Waals surface area contributed by atoms with Crippen LogP contribution in [0.5, 0.6) is 0 Å². The van der Waals surface area contributed by atoms with Gasteiger partial charge in [-0.25, -0.2) is 4.98 Å². The number of amidine groups is 1. The smallest absolute Gasteiger partial charge is 0.122 e. The fraction of sp³-hybridized carbons (Fsp3) is 0.333. The molecule has 0 radical (unpaired) electrons. The Labute approximate surface area is 87.1 Å². The molecule has 0 amide bonds. The van der Waals surface area contributed by atoms with Crippen molar-refractivity contribution in [3.63, 3.8) is 0 Å².